The van der Waals surface area contributed by atoms with Crippen LogP contribution in [0, 0.1) is 0 Å². The lowest BCUT2D eigenvalue weighted by atomic mass is 10.0. The van der Waals surface area contributed by atoms with E-state index in [0.29, 0.717) is 53.5 Å². The molecule has 0 spiro atoms. The molecule has 0 unspecified atom stereocenters. The minimum absolute atomic E-state index is 0.0233. The molecule has 0 aliphatic carbocycles. The van der Waals surface area contributed by atoms with Gasteiger partial charge in [0, 0.05) is 61.2 Å². The Labute approximate surface area is 264 Å². The molecule has 3 aliphatic rings. The number of carbonyl (C=O) groups excluding carboxylic acids is 1. The van der Waals surface area contributed by atoms with E-state index in [-0.39, 0.29) is 24.7 Å². The van der Waals surface area contributed by atoms with Gasteiger partial charge in [-0.3, -0.25) is 14.5 Å². The molecule has 1 amide bonds. The van der Waals surface area contributed by atoms with Gasteiger partial charge in [-0.15, -0.1) is 0 Å². The lowest BCUT2D eigenvalue weighted by Crippen LogP contribution is -2.40. The Bertz CT molecular complexity index is 2040. The van der Waals surface area contributed by atoms with Gasteiger partial charge in [-0.25, -0.2) is 19.3 Å². The summed E-state index contributed by atoms with van der Waals surface area (Å²) in [5.41, 5.74) is 2.19. The number of allylic oxidation sites excluding steroid dienone is 2. The van der Waals surface area contributed by atoms with Gasteiger partial charge in [0.2, 0.25) is 5.95 Å². The average molecular weight is 622 g/mol. The van der Waals surface area contributed by atoms with E-state index in [1.807, 2.05) is 18.2 Å². The van der Waals surface area contributed by atoms with E-state index in [2.05, 4.69) is 44.2 Å². The predicted molar refractivity (Wildman–Crippen MR) is 174 cm³/mol. The molecular weight excluding hydrogens is 586 g/mol. The van der Waals surface area contributed by atoms with Crippen molar-refractivity contribution in [3.63, 3.8) is 0 Å². The number of β-amino-alcohol motifs (C(OH)–C–C–N with tert-alkyl or cyclic N) is 1. The van der Waals surface area contributed by atoms with E-state index in [1.165, 1.54) is 5.52 Å². The van der Waals surface area contributed by atoms with Gasteiger partial charge in [-0.1, -0.05) is 12.2 Å². The fraction of sp³-hybridized carbons (Fsp3) is 0.364. The van der Waals surface area contributed by atoms with Gasteiger partial charge in [-0.2, -0.15) is 4.98 Å². The van der Waals surface area contributed by atoms with Gasteiger partial charge in [0.25, 0.3) is 11.5 Å². The zero-order valence-corrected chi connectivity index (χ0v) is 25.4. The van der Waals surface area contributed by atoms with Crippen LogP contribution >= 0.6 is 0 Å². The van der Waals surface area contributed by atoms with Crippen LogP contribution in [0.5, 0.6) is 5.75 Å². The van der Waals surface area contributed by atoms with Crippen molar-refractivity contribution in [2.24, 2.45) is 0 Å². The maximum atomic E-state index is 13.6. The number of aliphatic hydroxyl groups is 1. The number of rotatable bonds is 5. The number of pyridine rings is 1. The Morgan fingerprint density at radius 1 is 1.02 bits per heavy atom. The molecule has 2 bridgehead atoms. The third kappa shape index (κ3) is 5.01. The Kier molecular flexibility index (Phi) is 7.26. The molecule has 7 heterocycles. The molecule has 13 heteroatoms. The highest BCUT2D eigenvalue weighted by Gasteiger charge is 2.28. The number of aromatic nitrogens is 6. The van der Waals surface area contributed by atoms with Crippen LogP contribution in [0.3, 0.4) is 0 Å². The highest BCUT2D eigenvalue weighted by Crippen LogP contribution is 2.33. The van der Waals surface area contributed by atoms with Crippen LogP contribution in [-0.2, 0) is 11.3 Å². The first-order valence-corrected chi connectivity index (χ1v) is 15.9. The smallest absolute Gasteiger partial charge is 0.278 e. The van der Waals surface area contributed by atoms with Crippen molar-refractivity contribution in [1.82, 2.24) is 33.8 Å². The average Bonchev–Trinajstić information content (AvgIpc) is 3.61. The molecule has 4 aromatic heterocycles. The standard InChI is InChI=1S/C33H35N9O4/c43-18-17-38-14-10-24(11-15-38)39-16-9-22-19-23(5-6-26(22)39)35-33-34-20-25-30(37-33)42-28-8-7-27-31(36-28)40(29(44)21-46-27)12-3-1-2-4-13-41(42)32(25)45/h2,4-9,16,19-20,24,43H,1,3,10-15,17-18,21H2,(H,34,35,37)/b4-2-. The number of nitrogens with one attached hydrogen (secondary N) is 1. The fourth-order valence-corrected chi connectivity index (χ4v) is 6.81. The largest absolute Gasteiger partial charge is 0.480 e. The summed E-state index contributed by atoms with van der Waals surface area (Å²) in [6, 6.07) is 12.3. The zero-order valence-electron chi connectivity index (χ0n) is 25.4. The normalized spacial score (nSPS) is 18.2. The maximum Gasteiger partial charge on any atom is 0.278 e. The first-order chi connectivity index (χ1) is 22.6. The van der Waals surface area contributed by atoms with Crippen molar-refractivity contribution < 1.29 is 14.6 Å². The first kappa shape index (κ1) is 28.5. The minimum atomic E-state index is -0.225. The van der Waals surface area contributed by atoms with Crippen LogP contribution < -0.4 is 20.5 Å². The summed E-state index contributed by atoms with van der Waals surface area (Å²) < 4.78 is 11.3. The lowest BCUT2D eigenvalue weighted by Gasteiger charge is -2.32. The number of ether oxygens (including phenoxy) is 1. The van der Waals surface area contributed by atoms with Crippen LogP contribution in [0.15, 0.2) is 65.7 Å². The number of hydrogen-bond acceptors (Lipinski definition) is 9. The maximum absolute atomic E-state index is 13.6. The predicted octanol–water partition coefficient (Wildman–Crippen LogP) is 3.38. The molecular formula is C33H35N9O4. The summed E-state index contributed by atoms with van der Waals surface area (Å²) in [4.78, 5) is 44.5. The zero-order chi connectivity index (χ0) is 31.2. The van der Waals surface area contributed by atoms with E-state index >= 15 is 0 Å². The van der Waals surface area contributed by atoms with Crippen molar-refractivity contribution in [1.29, 1.82) is 0 Å². The summed E-state index contributed by atoms with van der Waals surface area (Å²) in [6.07, 6.45) is 11.3. The molecule has 0 saturated carbocycles. The topological polar surface area (TPSA) is 136 Å². The quantitative estimate of drug-likeness (QED) is 0.283. The third-order valence-electron chi connectivity index (χ3n) is 9.17. The fourth-order valence-electron chi connectivity index (χ4n) is 6.81. The lowest BCUT2D eigenvalue weighted by molar-refractivity contribution is -0.121. The number of anilines is 3. The van der Waals surface area contributed by atoms with Crippen LogP contribution in [0.2, 0.25) is 0 Å². The molecule has 0 radical (unpaired) electrons. The molecule has 236 valence electrons. The van der Waals surface area contributed by atoms with Gasteiger partial charge < -0.3 is 24.6 Å². The molecule has 13 nitrogen and oxygen atoms in total. The molecule has 5 aromatic rings. The second-order valence-electron chi connectivity index (χ2n) is 12.0. The number of carbonyl (C=O) groups is 1. The summed E-state index contributed by atoms with van der Waals surface area (Å²) >= 11 is 0. The van der Waals surface area contributed by atoms with Crippen molar-refractivity contribution in [2.45, 2.75) is 38.3 Å². The highest BCUT2D eigenvalue weighted by molar-refractivity contribution is 5.96. The number of aliphatic hydroxyl groups excluding tert-OH is 1. The summed E-state index contributed by atoms with van der Waals surface area (Å²) in [6.45, 7) is 3.75. The van der Waals surface area contributed by atoms with Gasteiger partial charge >= 0.3 is 0 Å². The van der Waals surface area contributed by atoms with Crippen molar-refractivity contribution >= 4 is 45.3 Å². The monoisotopic (exact) mass is 621 g/mol. The first-order valence-electron chi connectivity index (χ1n) is 15.9. The van der Waals surface area contributed by atoms with E-state index in [0.717, 1.165) is 56.4 Å². The number of hydrogen-bond donors (Lipinski definition) is 2. The molecule has 2 N–H and O–H groups in total. The Hall–Kier alpha value is -5.01. The van der Waals surface area contributed by atoms with Crippen LogP contribution in [0.4, 0.5) is 17.5 Å². The van der Waals surface area contributed by atoms with Gasteiger partial charge in [0.1, 0.15) is 5.39 Å². The van der Waals surface area contributed by atoms with Crippen molar-refractivity contribution in [2.75, 3.05) is 49.6 Å². The van der Waals surface area contributed by atoms with E-state index < -0.39 is 0 Å². The Balaban J connectivity index is 1.13. The van der Waals surface area contributed by atoms with Crippen LogP contribution in [-0.4, -0.2) is 84.2 Å². The molecule has 1 saturated heterocycles. The SMILES string of the molecule is O=C1COc2ccc3nc2N1CCC/C=C\Cn1c(=O)c2cnc(Nc4ccc5c(ccn5C5CCN(CCO)CC5)c4)nc2n1-3. The molecule has 3 aliphatic heterocycles. The Morgan fingerprint density at radius 2 is 1.91 bits per heavy atom. The number of piperidine rings is 1. The number of likely N-dealkylation sites (tertiary alicyclic amines) is 1. The third-order valence-corrected chi connectivity index (χ3v) is 9.17. The van der Waals surface area contributed by atoms with Gasteiger partial charge in [-0.05, 0) is 62.1 Å². The number of fused-ring (bicyclic) bond motifs is 6. The summed E-state index contributed by atoms with van der Waals surface area (Å²) in [5, 5.41) is 14.1. The second-order valence-corrected chi connectivity index (χ2v) is 12.0. The van der Waals surface area contributed by atoms with Gasteiger partial charge in [0.05, 0.1) is 13.2 Å². The minimum Gasteiger partial charge on any atom is -0.480 e. The van der Waals surface area contributed by atoms with Crippen molar-refractivity contribution in [3.05, 3.63) is 71.3 Å². The van der Waals surface area contributed by atoms with E-state index in [1.54, 1.807) is 32.6 Å². The summed E-state index contributed by atoms with van der Waals surface area (Å²) in [7, 11) is 0. The number of benzene rings is 1. The van der Waals surface area contributed by atoms with E-state index in [9.17, 15) is 14.7 Å². The number of nitrogens with zero attached hydrogens (tertiary/aromatic N) is 8. The molecule has 0 atom stereocenters. The highest BCUT2D eigenvalue weighted by atomic mass is 16.5. The van der Waals surface area contributed by atoms with Crippen LogP contribution in [0.1, 0.15) is 31.7 Å². The molecule has 1 aromatic carbocycles. The van der Waals surface area contributed by atoms with E-state index in [4.69, 9.17) is 14.7 Å². The Morgan fingerprint density at radius 3 is 2.78 bits per heavy atom. The second kappa shape index (κ2) is 11.7. The molecule has 1 fully saturated rings. The summed E-state index contributed by atoms with van der Waals surface area (Å²) in [5.74, 6) is 1.65. The molecule has 46 heavy (non-hydrogen) atoms. The van der Waals surface area contributed by atoms with Crippen LogP contribution in [0.25, 0.3) is 27.8 Å². The molecule has 8 rings (SSSR count). The van der Waals surface area contributed by atoms with Gasteiger partial charge in [0.15, 0.2) is 29.6 Å². The van der Waals surface area contributed by atoms with Crippen molar-refractivity contribution in [3.8, 4) is 11.6 Å². The number of amides is 1.